The fourth-order valence-corrected chi connectivity index (χ4v) is 4.62. The molecular weight excluding hydrogens is 506 g/mol. The van der Waals surface area contributed by atoms with Gasteiger partial charge in [0.25, 0.3) is 0 Å². The fraction of sp³-hybridized carbons (Fsp3) is 0.478. The minimum Gasteiger partial charge on any atom is -0.474 e. The van der Waals surface area contributed by atoms with E-state index < -0.39 is 0 Å². The van der Waals surface area contributed by atoms with Crippen molar-refractivity contribution in [3.63, 3.8) is 0 Å². The highest BCUT2D eigenvalue weighted by Gasteiger charge is 2.33. The van der Waals surface area contributed by atoms with Crippen molar-refractivity contribution >= 4 is 44.8 Å². The number of amidine groups is 1. The van der Waals surface area contributed by atoms with Crippen LogP contribution in [-0.4, -0.2) is 61.6 Å². The van der Waals surface area contributed by atoms with Crippen LogP contribution in [0.4, 0.5) is 5.69 Å². The van der Waals surface area contributed by atoms with E-state index in [9.17, 15) is 4.79 Å². The first-order valence-corrected chi connectivity index (χ1v) is 12.5. The third-order valence-electron chi connectivity index (χ3n) is 4.58. The molecule has 0 aliphatic carbocycles. The Balaban J connectivity index is 0.000000322. The molecule has 1 fully saturated rings. The number of carbonyl (C=O) groups excluding carboxylic acids is 1. The molecule has 182 valence electrons. The number of nitrogens with zero attached hydrogens (tertiary/aromatic N) is 3. The molecule has 1 aromatic carbocycles. The summed E-state index contributed by atoms with van der Waals surface area (Å²) in [7, 11) is 5.36. The van der Waals surface area contributed by atoms with Gasteiger partial charge in [0.2, 0.25) is 5.88 Å². The van der Waals surface area contributed by atoms with Crippen LogP contribution in [0.5, 0.6) is 5.88 Å². The Morgan fingerprint density at radius 2 is 2.06 bits per heavy atom. The third-order valence-corrected chi connectivity index (χ3v) is 6.24. The molecule has 1 aliphatic heterocycles. The Labute approximate surface area is 209 Å². The van der Waals surface area contributed by atoms with Crippen molar-refractivity contribution in [2.45, 2.75) is 32.7 Å². The van der Waals surface area contributed by atoms with Crippen molar-refractivity contribution in [3.05, 3.63) is 46.3 Å². The summed E-state index contributed by atoms with van der Waals surface area (Å²) in [5, 5.41) is 7.75. The molecule has 2 N–H and O–H groups in total. The number of anilines is 1. The summed E-state index contributed by atoms with van der Waals surface area (Å²) in [6, 6.07) is 6.36. The van der Waals surface area contributed by atoms with E-state index in [2.05, 4.69) is 66.6 Å². The van der Waals surface area contributed by atoms with Crippen molar-refractivity contribution in [2.24, 2.45) is 4.99 Å². The smallest absolute Gasteiger partial charge is 0.232 e. The Morgan fingerprint density at radius 1 is 1.30 bits per heavy atom. The number of aromatic nitrogens is 2. The zero-order chi connectivity index (χ0) is 24.7. The van der Waals surface area contributed by atoms with Crippen LogP contribution in [0, 0.1) is 0 Å². The maximum Gasteiger partial charge on any atom is 0.232 e. The zero-order valence-electron chi connectivity index (χ0n) is 20.1. The molecule has 33 heavy (non-hydrogen) atoms. The van der Waals surface area contributed by atoms with Crippen LogP contribution in [0.25, 0.3) is 0 Å². The van der Waals surface area contributed by atoms with Crippen LogP contribution in [0.2, 0.25) is 0 Å². The largest absolute Gasteiger partial charge is 0.474 e. The van der Waals surface area contributed by atoms with Gasteiger partial charge in [0, 0.05) is 37.1 Å². The van der Waals surface area contributed by atoms with Crippen molar-refractivity contribution < 1.29 is 14.3 Å². The molecule has 0 spiro atoms. The van der Waals surface area contributed by atoms with E-state index in [-0.39, 0.29) is 5.54 Å². The van der Waals surface area contributed by atoms with Gasteiger partial charge in [-0.3, -0.25) is 9.79 Å². The molecule has 3 rings (SSSR count). The maximum atomic E-state index is 10.2. The lowest BCUT2D eigenvalue weighted by atomic mass is 9.89. The van der Waals surface area contributed by atoms with Crippen molar-refractivity contribution in [1.82, 2.24) is 15.3 Å². The summed E-state index contributed by atoms with van der Waals surface area (Å²) in [5.74, 6) is 1.48. The van der Waals surface area contributed by atoms with Crippen molar-refractivity contribution in [3.8, 4) is 5.88 Å². The maximum absolute atomic E-state index is 10.2. The van der Waals surface area contributed by atoms with Crippen molar-refractivity contribution in [2.75, 3.05) is 45.5 Å². The molecule has 1 aromatic heterocycles. The molecule has 0 amide bonds. The number of aliphatic imine (C=N–C) groups is 1. The number of halogens is 1. The normalized spacial score (nSPS) is 18.1. The lowest BCUT2D eigenvalue weighted by Gasteiger charge is -2.37. The van der Waals surface area contributed by atoms with E-state index in [1.54, 1.807) is 18.9 Å². The first-order chi connectivity index (χ1) is 16.0. The van der Waals surface area contributed by atoms with Gasteiger partial charge in [0.05, 0.1) is 24.5 Å². The molecule has 10 heteroatoms. The van der Waals surface area contributed by atoms with Crippen LogP contribution in [0.3, 0.4) is 0 Å². The Bertz CT molecular complexity index is 883. The number of aldehydes is 1. The van der Waals surface area contributed by atoms with Gasteiger partial charge in [-0.15, -0.1) is 0 Å². The van der Waals surface area contributed by atoms with Gasteiger partial charge in [-0.1, -0.05) is 41.5 Å². The number of carbonyl (C=O) groups is 1. The average molecular weight is 541 g/mol. The lowest BCUT2D eigenvalue weighted by molar-refractivity contribution is 0.111. The molecule has 0 saturated carbocycles. The molecular formula is C23H34BrN5O3S. The number of benzene rings is 1. The number of ether oxygens (including phenoxy) is 2. The number of hydrogen-bond acceptors (Lipinski definition) is 8. The molecule has 8 nitrogen and oxygen atoms in total. The highest BCUT2D eigenvalue weighted by Crippen LogP contribution is 2.37. The summed E-state index contributed by atoms with van der Waals surface area (Å²) >= 11 is 5.44. The number of rotatable bonds is 7. The summed E-state index contributed by atoms with van der Waals surface area (Å²) in [6.07, 6.45) is 4.48. The highest BCUT2D eigenvalue weighted by molar-refractivity contribution is 9.10. The molecule has 2 heterocycles. The first-order valence-electron chi connectivity index (χ1n) is 10.7. The molecule has 0 bridgehead atoms. The zero-order valence-corrected chi connectivity index (χ0v) is 22.5. The predicted molar refractivity (Wildman–Crippen MR) is 141 cm³/mol. The minimum atomic E-state index is -0.0637. The topological polar surface area (TPSA) is 97.7 Å². The van der Waals surface area contributed by atoms with Gasteiger partial charge in [-0.25, -0.2) is 9.97 Å². The van der Waals surface area contributed by atoms with E-state index in [0.29, 0.717) is 31.1 Å². The second-order valence-corrected chi connectivity index (χ2v) is 8.71. The molecule has 1 unspecified atom stereocenters. The van der Waals surface area contributed by atoms with E-state index in [1.807, 2.05) is 27.9 Å². The Morgan fingerprint density at radius 3 is 2.64 bits per heavy atom. The quantitative estimate of drug-likeness (QED) is 0.383. The third kappa shape index (κ3) is 9.30. The van der Waals surface area contributed by atoms with Gasteiger partial charge >= 0.3 is 0 Å². The van der Waals surface area contributed by atoms with Gasteiger partial charge in [0.15, 0.2) is 11.5 Å². The second-order valence-electron chi connectivity index (χ2n) is 6.77. The average Bonchev–Trinajstić information content (AvgIpc) is 2.86. The number of nitrogens with one attached hydrogen (secondary N) is 2. The minimum absolute atomic E-state index is 0.0637. The summed E-state index contributed by atoms with van der Waals surface area (Å²) < 4.78 is 11.0. The van der Waals surface area contributed by atoms with Crippen LogP contribution < -0.4 is 15.4 Å². The van der Waals surface area contributed by atoms with E-state index in [1.165, 1.54) is 18.0 Å². The fourth-order valence-electron chi connectivity index (χ4n) is 2.80. The van der Waals surface area contributed by atoms with Crippen LogP contribution in [0.1, 0.15) is 43.2 Å². The Hall–Kier alpha value is -2.17. The van der Waals surface area contributed by atoms with E-state index >= 15 is 0 Å². The monoisotopic (exact) mass is 539 g/mol. The van der Waals surface area contributed by atoms with Gasteiger partial charge < -0.3 is 20.1 Å². The molecule has 1 atom stereocenters. The lowest BCUT2D eigenvalue weighted by Crippen LogP contribution is -2.46. The first kappa shape index (κ1) is 28.9. The molecule has 2 aromatic rings. The molecule has 1 aliphatic rings. The number of hydrogen-bond donors (Lipinski definition) is 2. The van der Waals surface area contributed by atoms with Crippen molar-refractivity contribution in [1.29, 1.82) is 0 Å². The number of methoxy groups -OCH3 is 1. The molecule has 0 radical (unpaired) electrons. The van der Waals surface area contributed by atoms with Crippen LogP contribution >= 0.6 is 27.7 Å². The molecule has 1 saturated heterocycles. The van der Waals surface area contributed by atoms with Gasteiger partial charge in [-0.2, -0.15) is 0 Å². The summed E-state index contributed by atoms with van der Waals surface area (Å²) in [5.41, 5.74) is 2.63. The Kier molecular flexibility index (Phi) is 13.7. The highest BCUT2D eigenvalue weighted by atomic mass is 79.9. The number of thioether (sulfide) groups is 1. The van der Waals surface area contributed by atoms with Crippen LogP contribution in [0.15, 0.2) is 40.1 Å². The summed E-state index contributed by atoms with van der Waals surface area (Å²) in [4.78, 5) is 22.1. The standard InChI is InChI=1S/C13H18BrN3S.C8H10N2O3.C2H6/c1-13(6-7-18-12(16-3)17-13)10-8-9(15-2)4-5-11(10)14;1-12-2-3-13-8-5-9-7(6-11)4-10-8;1-2/h4-5,8,15H,6-7H2,1-3H3,(H,16,17);4-6H,2-3H2,1H3;1-2H3. The SMILES string of the molecule is CC.CN=C1NC(C)(c2cc(NC)ccc2Br)CCS1.COCCOc1cnc(C=O)cn1. The predicted octanol–water partition coefficient (Wildman–Crippen LogP) is 4.76. The van der Waals surface area contributed by atoms with Gasteiger partial charge in [0.1, 0.15) is 12.3 Å². The van der Waals surface area contributed by atoms with Gasteiger partial charge in [-0.05, 0) is 37.1 Å². The van der Waals surface area contributed by atoms with E-state index in [0.717, 1.165) is 27.5 Å². The summed E-state index contributed by atoms with van der Waals surface area (Å²) in [6.45, 7) is 7.15. The second kappa shape index (κ2) is 15.6. The van der Waals surface area contributed by atoms with E-state index in [4.69, 9.17) is 9.47 Å². The van der Waals surface area contributed by atoms with Crippen LogP contribution in [-0.2, 0) is 10.3 Å².